The summed E-state index contributed by atoms with van der Waals surface area (Å²) < 4.78 is 5.06. The summed E-state index contributed by atoms with van der Waals surface area (Å²) in [5.41, 5.74) is 1.46. The van der Waals surface area contributed by atoms with E-state index in [2.05, 4.69) is 26.1 Å². The highest BCUT2D eigenvalue weighted by atomic mass is 16.5. The molecule has 0 aromatic heterocycles. The van der Waals surface area contributed by atoms with Crippen molar-refractivity contribution in [2.45, 2.75) is 40.2 Å². The first kappa shape index (κ1) is 14.6. The second-order valence-electron chi connectivity index (χ2n) is 4.58. The van der Waals surface area contributed by atoms with E-state index in [1.165, 1.54) is 0 Å². The highest BCUT2D eigenvalue weighted by Crippen LogP contribution is 2.20. The molecule has 0 aliphatic carbocycles. The monoisotopic (exact) mass is 249 g/mol. The topological polar surface area (TPSA) is 38.3 Å². The molecule has 0 heterocycles. The molecule has 3 heteroatoms. The minimum Gasteiger partial charge on any atom is -0.462 e. The molecule has 1 N–H and O–H groups in total. The molecule has 18 heavy (non-hydrogen) atoms. The highest BCUT2D eigenvalue weighted by Gasteiger charge is 2.15. The van der Waals surface area contributed by atoms with Gasteiger partial charge in [-0.05, 0) is 31.9 Å². The molecule has 0 aliphatic rings. The summed E-state index contributed by atoms with van der Waals surface area (Å²) >= 11 is 0. The maximum Gasteiger partial charge on any atom is 0.340 e. The molecule has 0 aliphatic heterocycles. The van der Waals surface area contributed by atoms with Gasteiger partial charge >= 0.3 is 5.97 Å². The molecule has 0 radical (unpaired) electrons. The van der Waals surface area contributed by atoms with Crippen molar-refractivity contribution in [1.29, 1.82) is 0 Å². The van der Waals surface area contributed by atoms with Gasteiger partial charge in [-0.1, -0.05) is 32.4 Å². The van der Waals surface area contributed by atoms with E-state index in [4.69, 9.17) is 4.74 Å². The Morgan fingerprint density at radius 3 is 2.56 bits per heavy atom. The van der Waals surface area contributed by atoms with E-state index in [0.29, 0.717) is 24.1 Å². The lowest BCUT2D eigenvalue weighted by molar-refractivity contribution is 0.0527. The zero-order valence-electron chi connectivity index (χ0n) is 11.7. The third-order valence-corrected chi connectivity index (χ3v) is 3.30. The number of nitrogens with one attached hydrogen (secondary N) is 1. The van der Waals surface area contributed by atoms with Gasteiger partial charge in [-0.3, -0.25) is 0 Å². The van der Waals surface area contributed by atoms with E-state index >= 15 is 0 Å². The first-order valence-corrected chi connectivity index (χ1v) is 6.62. The SMILES string of the molecule is CCOC(=O)c1ccccc1NC(C)C(C)CC. The van der Waals surface area contributed by atoms with Crippen LogP contribution in [0.3, 0.4) is 0 Å². The molecule has 3 nitrogen and oxygen atoms in total. The average molecular weight is 249 g/mol. The number of para-hydroxylation sites is 1. The number of ether oxygens (including phenoxy) is 1. The smallest absolute Gasteiger partial charge is 0.340 e. The van der Waals surface area contributed by atoms with E-state index in [0.717, 1.165) is 12.1 Å². The van der Waals surface area contributed by atoms with Gasteiger partial charge in [0.1, 0.15) is 0 Å². The van der Waals surface area contributed by atoms with Crippen molar-refractivity contribution in [2.75, 3.05) is 11.9 Å². The second-order valence-corrected chi connectivity index (χ2v) is 4.58. The Labute approximate surface area is 110 Å². The molecule has 1 aromatic rings. The maximum atomic E-state index is 11.8. The predicted molar refractivity (Wildman–Crippen MR) is 74.9 cm³/mol. The van der Waals surface area contributed by atoms with Gasteiger partial charge in [-0.15, -0.1) is 0 Å². The van der Waals surface area contributed by atoms with Crippen LogP contribution >= 0.6 is 0 Å². The summed E-state index contributed by atoms with van der Waals surface area (Å²) in [7, 11) is 0. The number of hydrogen-bond acceptors (Lipinski definition) is 3. The molecule has 1 aromatic carbocycles. The molecule has 0 saturated heterocycles. The fourth-order valence-corrected chi connectivity index (χ4v) is 1.74. The maximum absolute atomic E-state index is 11.8. The van der Waals surface area contributed by atoms with Crippen LogP contribution in [0.5, 0.6) is 0 Å². The van der Waals surface area contributed by atoms with Crippen LogP contribution < -0.4 is 5.32 Å². The Kier molecular flexibility index (Phi) is 5.69. The molecular formula is C15H23NO2. The van der Waals surface area contributed by atoms with E-state index in [-0.39, 0.29) is 5.97 Å². The van der Waals surface area contributed by atoms with Crippen molar-refractivity contribution in [3.63, 3.8) is 0 Å². The predicted octanol–water partition coefficient (Wildman–Crippen LogP) is 3.71. The highest BCUT2D eigenvalue weighted by molar-refractivity contribution is 5.95. The van der Waals surface area contributed by atoms with E-state index in [9.17, 15) is 4.79 Å². The fraction of sp³-hybridized carbons (Fsp3) is 0.533. The standard InChI is InChI=1S/C15H23NO2/c1-5-11(3)12(4)16-14-10-8-7-9-13(14)15(17)18-6-2/h7-12,16H,5-6H2,1-4H3. The fourth-order valence-electron chi connectivity index (χ4n) is 1.74. The van der Waals surface area contributed by atoms with Gasteiger partial charge in [0.05, 0.1) is 12.2 Å². The van der Waals surface area contributed by atoms with Crippen LogP contribution in [0.25, 0.3) is 0 Å². The van der Waals surface area contributed by atoms with Crippen LogP contribution in [0.1, 0.15) is 44.5 Å². The Morgan fingerprint density at radius 1 is 1.28 bits per heavy atom. The van der Waals surface area contributed by atoms with Crippen molar-refractivity contribution >= 4 is 11.7 Å². The number of esters is 1. The Morgan fingerprint density at radius 2 is 1.94 bits per heavy atom. The van der Waals surface area contributed by atoms with Crippen molar-refractivity contribution in [3.05, 3.63) is 29.8 Å². The lowest BCUT2D eigenvalue weighted by Crippen LogP contribution is -2.24. The number of anilines is 1. The number of hydrogen-bond donors (Lipinski definition) is 1. The quantitative estimate of drug-likeness (QED) is 0.781. The zero-order chi connectivity index (χ0) is 13.5. The molecule has 100 valence electrons. The number of benzene rings is 1. The molecule has 0 saturated carbocycles. The van der Waals surface area contributed by atoms with Gasteiger partial charge in [0.15, 0.2) is 0 Å². The summed E-state index contributed by atoms with van der Waals surface area (Å²) in [5.74, 6) is 0.289. The summed E-state index contributed by atoms with van der Waals surface area (Å²) in [6.45, 7) is 8.71. The zero-order valence-corrected chi connectivity index (χ0v) is 11.7. The summed E-state index contributed by atoms with van der Waals surface area (Å²) in [5, 5.41) is 3.40. The minimum atomic E-state index is -0.267. The van der Waals surface area contributed by atoms with Gasteiger partial charge < -0.3 is 10.1 Å². The second kappa shape index (κ2) is 7.04. The molecule has 1 rings (SSSR count). The normalized spacial score (nSPS) is 13.8. The van der Waals surface area contributed by atoms with Gasteiger partial charge in [-0.25, -0.2) is 4.79 Å². The lowest BCUT2D eigenvalue weighted by Gasteiger charge is -2.22. The summed E-state index contributed by atoms with van der Waals surface area (Å²) in [6, 6.07) is 7.82. The largest absolute Gasteiger partial charge is 0.462 e. The molecule has 0 spiro atoms. The van der Waals surface area contributed by atoms with Crippen LogP contribution in [0.15, 0.2) is 24.3 Å². The van der Waals surface area contributed by atoms with Crippen LogP contribution in [0, 0.1) is 5.92 Å². The third-order valence-electron chi connectivity index (χ3n) is 3.30. The molecule has 2 atom stereocenters. The Bertz CT molecular complexity index is 390. The lowest BCUT2D eigenvalue weighted by atomic mass is 10.00. The van der Waals surface area contributed by atoms with Gasteiger partial charge in [0, 0.05) is 11.7 Å². The van der Waals surface area contributed by atoms with Crippen molar-refractivity contribution in [3.8, 4) is 0 Å². The molecule has 0 fully saturated rings. The average Bonchev–Trinajstić information content (AvgIpc) is 2.38. The van der Waals surface area contributed by atoms with Crippen LogP contribution in [-0.4, -0.2) is 18.6 Å². The number of rotatable bonds is 6. The van der Waals surface area contributed by atoms with Crippen molar-refractivity contribution < 1.29 is 9.53 Å². The first-order chi connectivity index (χ1) is 8.60. The van der Waals surface area contributed by atoms with E-state index < -0.39 is 0 Å². The van der Waals surface area contributed by atoms with Crippen molar-refractivity contribution in [2.24, 2.45) is 5.92 Å². The van der Waals surface area contributed by atoms with E-state index in [1.807, 2.05) is 25.1 Å². The van der Waals surface area contributed by atoms with Gasteiger partial charge in [0.25, 0.3) is 0 Å². The molecule has 0 bridgehead atoms. The molecule has 2 unspecified atom stereocenters. The third kappa shape index (κ3) is 3.76. The van der Waals surface area contributed by atoms with Crippen molar-refractivity contribution in [1.82, 2.24) is 0 Å². The number of carbonyl (C=O) groups is 1. The van der Waals surface area contributed by atoms with Crippen LogP contribution in [0.4, 0.5) is 5.69 Å². The summed E-state index contributed by atoms with van der Waals surface area (Å²) in [6.07, 6.45) is 1.11. The summed E-state index contributed by atoms with van der Waals surface area (Å²) in [4.78, 5) is 11.8. The Balaban J connectivity index is 2.85. The first-order valence-electron chi connectivity index (χ1n) is 6.62. The molecular weight excluding hydrogens is 226 g/mol. The van der Waals surface area contributed by atoms with Crippen LogP contribution in [-0.2, 0) is 4.74 Å². The van der Waals surface area contributed by atoms with Crippen LogP contribution in [0.2, 0.25) is 0 Å². The van der Waals surface area contributed by atoms with Gasteiger partial charge in [-0.2, -0.15) is 0 Å². The number of carbonyl (C=O) groups excluding carboxylic acids is 1. The minimum absolute atomic E-state index is 0.267. The van der Waals surface area contributed by atoms with Gasteiger partial charge in [0.2, 0.25) is 0 Å². The Hall–Kier alpha value is -1.51. The van der Waals surface area contributed by atoms with E-state index in [1.54, 1.807) is 6.07 Å². The molecule has 0 amide bonds.